The van der Waals surface area contributed by atoms with Crippen LogP contribution in [0.2, 0.25) is 0 Å². The SMILES string of the molecule is COC(=O)NCCSc1ccc(OC)cc1. The molecular weight excluding hydrogens is 226 g/mol. The van der Waals surface area contributed by atoms with Crippen LogP contribution in [0, 0.1) is 0 Å². The lowest BCUT2D eigenvalue weighted by Gasteiger charge is -2.04. The second-order valence-corrected chi connectivity index (χ2v) is 4.11. The molecule has 0 bridgehead atoms. The van der Waals surface area contributed by atoms with Gasteiger partial charge in [0, 0.05) is 17.2 Å². The smallest absolute Gasteiger partial charge is 0.406 e. The normalized spacial score (nSPS) is 9.62. The summed E-state index contributed by atoms with van der Waals surface area (Å²) in [5.41, 5.74) is 0. The summed E-state index contributed by atoms with van der Waals surface area (Å²) < 4.78 is 9.51. The zero-order chi connectivity index (χ0) is 11.8. The first-order valence-corrected chi connectivity index (χ1v) is 5.83. The molecule has 4 nitrogen and oxygen atoms in total. The molecule has 0 radical (unpaired) electrons. The first-order valence-electron chi connectivity index (χ1n) is 4.85. The number of carbonyl (C=O) groups is 1. The number of alkyl carbamates (subject to hydrolysis) is 1. The lowest BCUT2D eigenvalue weighted by molar-refractivity contribution is 0.172. The van der Waals surface area contributed by atoms with Gasteiger partial charge in [-0.05, 0) is 24.3 Å². The van der Waals surface area contributed by atoms with E-state index < -0.39 is 6.09 Å². The maximum Gasteiger partial charge on any atom is 0.406 e. The molecule has 88 valence electrons. The van der Waals surface area contributed by atoms with Gasteiger partial charge in [-0.25, -0.2) is 4.79 Å². The van der Waals surface area contributed by atoms with Gasteiger partial charge in [-0.15, -0.1) is 11.8 Å². The maximum atomic E-state index is 10.7. The third-order valence-corrected chi connectivity index (χ3v) is 2.90. The van der Waals surface area contributed by atoms with Gasteiger partial charge in [0.15, 0.2) is 0 Å². The van der Waals surface area contributed by atoms with Crippen molar-refractivity contribution in [3.05, 3.63) is 24.3 Å². The fraction of sp³-hybridized carbons (Fsp3) is 0.364. The average molecular weight is 241 g/mol. The van der Waals surface area contributed by atoms with Gasteiger partial charge in [0.1, 0.15) is 5.75 Å². The molecule has 0 unspecified atom stereocenters. The Balaban J connectivity index is 2.24. The predicted molar refractivity (Wildman–Crippen MR) is 64.1 cm³/mol. The topological polar surface area (TPSA) is 47.6 Å². The van der Waals surface area contributed by atoms with Crippen LogP contribution in [0.5, 0.6) is 5.75 Å². The minimum atomic E-state index is -0.393. The minimum Gasteiger partial charge on any atom is -0.497 e. The Hall–Kier alpha value is -1.36. The third-order valence-electron chi connectivity index (χ3n) is 1.88. The van der Waals surface area contributed by atoms with E-state index in [0.29, 0.717) is 6.54 Å². The molecular formula is C11H15NO3S. The van der Waals surface area contributed by atoms with E-state index >= 15 is 0 Å². The molecule has 0 spiro atoms. The predicted octanol–water partition coefficient (Wildman–Crippen LogP) is 2.14. The van der Waals surface area contributed by atoms with Crippen LogP contribution in [-0.2, 0) is 4.74 Å². The molecule has 1 N–H and O–H groups in total. The fourth-order valence-electron chi connectivity index (χ4n) is 1.07. The number of carbonyl (C=O) groups excluding carboxylic acids is 1. The third kappa shape index (κ3) is 4.44. The van der Waals surface area contributed by atoms with Gasteiger partial charge in [-0.3, -0.25) is 0 Å². The largest absolute Gasteiger partial charge is 0.497 e. The van der Waals surface area contributed by atoms with Crippen molar-refractivity contribution < 1.29 is 14.3 Å². The molecule has 1 amide bonds. The van der Waals surface area contributed by atoms with E-state index in [-0.39, 0.29) is 0 Å². The Bertz CT molecular complexity index is 327. The summed E-state index contributed by atoms with van der Waals surface area (Å²) >= 11 is 1.67. The quantitative estimate of drug-likeness (QED) is 0.634. The number of rotatable bonds is 5. The summed E-state index contributed by atoms with van der Waals surface area (Å²) in [7, 11) is 2.99. The molecule has 1 aromatic rings. The number of methoxy groups -OCH3 is 2. The van der Waals surface area contributed by atoms with Crippen LogP contribution in [-0.4, -0.2) is 32.6 Å². The van der Waals surface area contributed by atoms with E-state index in [0.717, 1.165) is 16.4 Å². The first kappa shape index (κ1) is 12.7. The van der Waals surface area contributed by atoms with Crippen LogP contribution < -0.4 is 10.1 Å². The average Bonchev–Trinajstić information content (AvgIpc) is 2.35. The summed E-state index contributed by atoms with van der Waals surface area (Å²) in [6.07, 6.45) is -0.393. The van der Waals surface area contributed by atoms with E-state index in [1.165, 1.54) is 7.11 Å². The second kappa shape index (κ2) is 7.00. The lowest BCUT2D eigenvalue weighted by Crippen LogP contribution is -2.25. The van der Waals surface area contributed by atoms with Gasteiger partial charge in [0.25, 0.3) is 0 Å². The molecule has 5 heteroatoms. The Kier molecular flexibility index (Phi) is 5.56. The molecule has 0 fully saturated rings. The van der Waals surface area contributed by atoms with Crippen molar-refractivity contribution in [1.29, 1.82) is 0 Å². The highest BCUT2D eigenvalue weighted by atomic mass is 32.2. The van der Waals surface area contributed by atoms with Crippen LogP contribution in [0.15, 0.2) is 29.2 Å². The monoisotopic (exact) mass is 241 g/mol. The second-order valence-electron chi connectivity index (χ2n) is 2.94. The van der Waals surface area contributed by atoms with Crippen molar-refractivity contribution in [2.24, 2.45) is 0 Å². The van der Waals surface area contributed by atoms with Crippen molar-refractivity contribution in [3.63, 3.8) is 0 Å². The molecule has 0 saturated carbocycles. The van der Waals surface area contributed by atoms with Gasteiger partial charge in [-0.1, -0.05) is 0 Å². The highest BCUT2D eigenvalue weighted by Gasteiger charge is 1.98. The molecule has 16 heavy (non-hydrogen) atoms. The molecule has 1 aromatic carbocycles. The summed E-state index contributed by atoms with van der Waals surface area (Å²) in [5, 5.41) is 2.62. The minimum absolute atomic E-state index is 0.393. The molecule has 0 aliphatic rings. The van der Waals surface area contributed by atoms with E-state index in [1.807, 2.05) is 24.3 Å². The standard InChI is InChI=1S/C11H15NO3S/c1-14-9-3-5-10(6-4-9)16-8-7-12-11(13)15-2/h3-6H,7-8H2,1-2H3,(H,12,13). The lowest BCUT2D eigenvalue weighted by atomic mass is 10.3. The van der Waals surface area contributed by atoms with E-state index in [1.54, 1.807) is 18.9 Å². The van der Waals surface area contributed by atoms with Crippen molar-refractivity contribution in [3.8, 4) is 5.75 Å². The van der Waals surface area contributed by atoms with E-state index in [4.69, 9.17) is 4.74 Å². The molecule has 0 saturated heterocycles. The number of benzene rings is 1. The van der Waals surface area contributed by atoms with Crippen LogP contribution in [0.1, 0.15) is 0 Å². The summed E-state index contributed by atoms with van der Waals surface area (Å²) in [6.45, 7) is 0.587. The molecule has 0 atom stereocenters. The molecule has 1 rings (SSSR count). The number of ether oxygens (including phenoxy) is 2. The molecule has 0 aromatic heterocycles. The van der Waals surface area contributed by atoms with Crippen LogP contribution in [0.25, 0.3) is 0 Å². The Labute approximate surface area is 99.3 Å². The Morgan fingerprint density at radius 1 is 1.31 bits per heavy atom. The Morgan fingerprint density at radius 2 is 2.00 bits per heavy atom. The van der Waals surface area contributed by atoms with Crippen molar-refractivity contribution in [2.45, 2.75) is 4.90 Å². The highest BCUT2D eigenvalue weighted by Crippen LogP contribution is 2.20. The number of hydrogen-bond donors (Lipinski definition) is 1. The van der Waals surface area contributed by atoms with Gasteiger partial charge in [0.05, 0.1) is 14.2 Å². The first-order chi connectivity index (χ1) is 7.76. The van der Waals surface area contributed by atoms with Crippen LogP contribution in [0.3, 0.4) is 0 Å². The van der Waals surface area contributed by atoms with Gasteiger partial charge in [-0.2, -0.15) is 0 Å². The van der Waals surface area contributed by atoms with Crippen molar-refractivity contribution in [1.82, 2.24) is 5.32 Å². The molecule has 0 heterocycles. The zero-order valence-electron chi connectivity index (χ0n) is 9.36. The zero-order valence-corrected chi connectivity index (χ0v) is 10.2. The van der Waals surface area contributed by atoms with E-state index in [9.17, 15) is 4.79 Å². The van der Waals surface area contributed by atoms with E-state index in [2.05, 4.69) is 10.1 Å². The molecule has 0 aliphatic heterocycles. The number of nitrogens with one attached hydrogen (secondary N) is 1. The Morgan fingerprint density at radius 3 is 2.56 bits per heavy atom. The van der Waals surface area contributed by atoms with Crippen LogP contribution in [0.4, 0.5) is 4.79 Å². The van der Waals surface area contributed by atoms with Gasteiger partial charge in [0.2, 0.25) is 0 Å². The van der Waals surface area contributed by atoms with Crippen LogP contribution >= 0.6 is 11.8 Å². The number of thioether (sulfide) groups is 1. The van der Waals surface area contributed by atoms with Gasteiger partial charge >= 0.3 is 6.09 Å². The van der Waals surface area contributed by atoms with Gasteiger partial charge < -0.3 is 14.8 Å². The highest BCUT2D eigenvalue weighted by molar-refractivity contribution is 7.99. The number of hydrogen-bond acceptors (Lipinski definition) is 4. The van der Waals surface area contributed by atoms with Crippen molar-refractivity contribution in [2.75, 3.05) is 26.5 Å². The fourth-order valence-corrected chi connectivity index (χ4v) is 1.83. The summed E-state index contributed by atoms with van der Waals surface area (Å²) in [4.78, 5) is 11.9. The molecule has 0 aliphatic carbocycles. The maximum absolute atomic E-state index is 10.7. The van der Waals surface area contributed by atoms with Crippen molar-refractivity contribution >= 4 is 17.9 Å². The number of amides is 1. The summed E-state index contributed by atoms with van der Waals surface area (Å²) in [6, 6.07) is 7.80. The summed E-state index contributed by atoms with van der Waals surface area (Å²) in [5.74, 6) is 1.65.